The molecule has 5 heteroatoms. The molecule has 0 aliphatic rings. The van der Waals surface area contributed by atoms with Crippen molar-refractivity contribution in [1.29, 1.82) is 0 Å². The molecule has 0 saturated heterocycles. The Bertz CT molecular complexity index is 550. The lowest BCUT2D eigenvalue weighted by Gasteiger charge is -2.14. The van der Waals surface area contributed by atoms with Crippen molar-refractivity contribution in [2.45, 2.75) is 46.3 Å². The zero-order valence-corrected chi connectivity index (χ0v) is 11.7. The van der Waals surface area contributed by atoms with Gasteiger partial charge < -0.3 is 9.67 Å². The smallest absolute Gasteiger partial charge is 0.111 e. The first-order chi connectivity index (χ1) is 9.11. The summed E-state index contributed by atoms with van der Waals surface area (Å²) in [5, 5.41) is 18.4. The van der Waals surface area contributed by atoms with Crippen molar-refractivity contribution in [3.63, 3.8) is 0 Å². The van der Waals surface area contributed by atoms with Crippen LogP contribution in [0.1, 0.15) is 42.2 Å². The van der Waals surface area contributed by atoms with E-state index < -0.39 is 6.10 Å². The number of nitrogens with zero attached hydrogens (tertiary/aromatic N) is 4. The van der Waals surface area contributed by atoms with E-state index in [0.29, 0.717) is 6.42 Å². The fraction of sp³-hybridized carbons (Fsp3) is 0.500. The third kappa shape index (κ3) is 3.17. The molecular formula is C14H20N4O. The molecule has 0 radical (unpaired) electrons. The quantitative estimate of drug-likeness (QED) is 0.892. The maximum atomic E-state index is 10.4. The van der Waals surface area contributed by atoms with Gasteiger partial charge in [-0.3, -0.25) is 0 Å². The lowest BCUT2D eigenvalue weighted by Crippen LogP contribution is -2.11. The second-order valence-corrected chi connectivity index (χ2v) is 4.78. The summed E-state index contributed by atoms with van der Waals surface area (Å²) in [6, 6.07) is 1.89. The average Bonchev–Trinajstić information content (AvgIpc) is 2.80. The largest absolute Gasteiger partial charge is 0.388 e. The number of aliphatic hydroxyl groups is 1. The summed E-state index contributed by atoms with van der Waals surface area (Å²) in [6.07, 6.45) is 4.69. The van der Waals surface area contributed by atoms with E-state index in [-0.39, 0.29) is 0 Å². The van der Waals surface area contributed by atoms with Crippen LogP contribution in [0.15, 0.2) is 18.5 Å². The van der Waals surface area contributed by atoms with Crippen LogP contribution in [0.3, 0.4) is 0 Å². The van der Waals surface area contributed by atoms with E-state index >= 15 is 0 Å². The van der Waals surface area contributed by atoms with Crippen molar-refractivity contribution in [3.8, 4) is 0 Å². The number of rotatable bonds is 5. The molecule has 2 heterocycles. The molecule has 0 aliphatic heterocycles. The van der Waals surface area contributed by atoms with Crippen LogP contribution in [-0.4, -0.2) is 24.9 Å². The van der Waals surface area contributed by atoms with Crippen LogP contribution < -0.4 is 0 Å². The van der Waals surface area contributed by atoms with Gasteiger partial charge in [0.15, 0.2) is 0 Å². The predicted octanol–water partition coefficient (Wildman–Crippen LogP) is 1.98. The van der Waals surface area contributed by atoms with E-state index in [1.807, 2.05) is 26.1 Å². The molecule has 0 amide bonds. The van der Waals surface area contributed by atoms with E-state index in [2.05, 4.69) is 26.7 Å². The van der Waals surface area contributed by atoms with Gasteiger partial charge in [0.05, 0.1) is 17.5 Å². The molecule has 0 saturated carbocycles. The molecule has 0 aromatic carbocycles. The van der Waals surface area contributed by atoms with Gasteiger partial charge in [0.2, 0.25) is 0 Å². The molecule has 2 aromatic heterocycles. The maximum Gasteiger partial charge on any atom is 0.111 e. The van der Waals surface area contributed by atoms with E-state index in [0.717, 1.165) is 35.7 Å². The Kier molecular flexibility index (Phi) is 4.27. The minimum absolute atomic E-state index is 0.499. The average molecular weight is 260 g/mol. The number of hydrogen-bond donors (Lipinski definition) is 1. The van der Waals surface area contributed by atoms with E-state index in [9.17, 15) is 5.11 Å². The van der Waals surface area contributed by atoms with E-state index in [4.69, 9.17) is 0 Å². The van der Waals surface area contributed by atoms with Crippen molar-refractivity contribution < 1.29 is 5.11 Å². The summed E-state index contributed by atoms with van der Waals surface area (Å²) in [5.74, 6) is 0.906. The van der Waals surface area contributed by atoms with Crippen molar-refractivity contribution in [3.05, 3.63) is 41.2 Å². The zero-order valence-electron chi connectivity index (χ0n) is 11.7. The lowest BCUT2D eigenvalue weighted by molar-refractivity contribution is 0.173. The molecule has 1 unspecified atom stereocenters. The van der Waals surface area contributed by atoms with E-state index in [1.54, 1.807) is 6.20 Å². The number of aromatic nitrogens is 4. The Balaban J connectivity index is 2.18. The number of imidazole rings is 1. The Morgan fingerprint density at radius 3 is 2.84 bits per heavy atom. The van der Waals surface area contributed by atoms with Crippen LogP contribution in [0.5, 0.6) is 0 Å². The summed E-state index contributed by atoms with van der Waals surface area (Å²) >= 11 is 0. The first-order valence-corrected chi connectivity index (χ1v) is 6.60. The minimum atomic E-state index is -0.591. The van der Waals surface area contributed by atoms with Crippen molar-refractivity contribution in [2.75, 3.05) is 0 Å². The van der Waals surface area contributed by atoms with Gasteiger partial charge >= 0.3 is 0 Å². The molecule has 5 nitrogen and oxygen atoms in total. The normalized spacial score (nSPS) is 12.6. The maximum absolute atomic E-state index is 10.4. The molecule has 2 aromatic rings. The van der Waals surface area contributed by atoms with Crippen LogP contribution in [0.4, 0.5) is 0 Å². The topological polar surface area (TPSA) is 63.8 Å². The van der Waals surface area contributed by atoms with Crippen LogP contribution in [0, 0.1) is 13.8 Å². The highest BCUT2D eigenvalue weighted by molar-refractivity contribution is 5.23. The highest BCUT2D eigenvalue weighted by Crippen LogP contribution is 2.20. The second-order valence-electron chi connectivity index (χ2n) is 4.78. The fourth-order valence-electron chi connectivity index (χ4n) is 2.16. The molecule has 102 valence electrons. The van der Waals surface area contributed by atoms with E-state index in [1.165, 1.54) is 0 Å². The highest BCUT2D eigenvalue weighted by Gasteiger charge is 2.15. The molecule has 19 heavy (non-hydrogen) atoms. The molecule has 0 fully saturated rings. The Morgan fingerprint density at radius 2 is 2.11 bits per heavy atom. The second kappa shape index (κ2) is 5.93. The minimum Gasteiger partial charge on any atom is -0.388 e. The summed E-state index contributed by atoms with van der Waals surface area (Å²) in [6.45, 7) is 6.79. The Hall–Kier alpha value is -1.75. The first-order valence-electron chi connectivity index (χ1n) is 6.60. The van der Waals surface area contributed by atoms with Crippen LogP contribution >= 0.6 is 0 Å². The van der Waals surface area contributed by atoms with Gasteiger partial charge in [-0.05, 0) is 26.3 Å². The Labute approximate surface area is 113 Å². The summed E-state index contributed by atoms with van der Waals surface area (Å²) in [7, 11) is 0. The van der Waals surface area contributed by atoms with Gasteiger partial charge in [0.25, 0.3) is 0 Å². The molecular weight excluding hydrogens is 240 g/mol. The van der Waals surface area contributed by atoms with Crippen molar-refractivity contribution in [2.24, 2.45) is 0 Å². The third-order valence-corrected chi connectivity index (χ3v) is 3.14. The molecule has 0 spiro atoms. The van der Waals surface area contributed by atoms with Crippen molar-refractivity contribution >= 4 is 0 Å². The summed E-state index contributed by atoms with van der Waals surface area (Å²) in [5.41, 5.74) is 2.42. The van der Waals surface area contributed by atoms with Gasteiger partial charge in [0.1, 0.15) is 5.82 Å². The standard InChI is InChI=1S/C14H20N4O/c1-4-6-18-7-5-15-14(18)9-13(19)12-8-10(2)16-17-11(12)3/h5,7-8,13,19H,4,6,9H2,1-3H3. The number of aryl methyl sites for hydroxylation is 3. The SMILES string of the molecule is CCCn1ccnc1CC(O)c1cc(C)nnc1C. The highest BCUT2D eigenvalue weighted by atomic mass is 16.3. The van der Waals surface area contributed by atoms with Crippen LogP contribution in [0.25, 0.3) is 0 Å². The van der Waals surface area contributed by atoms with Gasteiger partial charge in [-0.15, -0.1) is 0 Å². The van der Waals surface area contributed by atoms with Crippen molar-refractivity contribution in [1.82, 2.24) is 19.7 Å². The van der Waals surface area contributed by atoms with Crippen LogP contribution in [-0.2, 0) is 13.0 Å². The zero-order chi connectivity index (χ0) is 13.8. The van der Waals surface area contributed by atoms with Gasteiger partial charge in [-0.1, -0.05) is 6.92 Å². The molecule has 0 bridgehead atoms. The summed E-state index contributed by atoms with van der Waals surface area (Å²) < 4.78 is 2.08. The lowest BCUT2D eigenvalue weighted by atomic mass is 10.0. The van der Waals surface area contributed by atoms with Crippen LogP contribution in [0.2, 0.25) is 0 Å². The fourth-order valence-corrected chi connectivity index (χ4v) is 2.16. The predicted molar refractivity (Wildman–Crippen MR) is 72.7 cm³/mol. The number of hydrogen-bond acceptors (Lipinski definition) is 4. The molecule has 0 aliphatic carbocycles. The molecule has 1 N–H and O–H groups in total. The molecule has 2 rings (SSSR count). The molecule has 1 atom stereocenters. The monoisotopic (exact) mass is 260 g/mol. The summed E-state index contributed by atoms with van der Waals surface area (Å²) in [4.78, 5) is 4.32. The van der Waals surface area contributed by atoms with Gasteiger partial charge in [-0.2, -0.15) is 10.2 Å². The van der Waals surface area contributed by atoms with Gasteiger partial charge in [0, 0.05) is 30.9 Å². The third-order valence-electron chi connectivity index (χ3n) is 3.14. The first kappa shape index (κ1) is 13.7. The van der Waals surface area contributed by atoms with Gasteiger partial charge in [-0.25, -0.2) is 4.98 Å². The Morgan fingerprint density at radius 1 is 1.32 bits per heavy atom. The number of aliphatic hydroxyl groups excluding tert-OH is 1.